The largest absolute Gasteiger partial charge is 0.481 e. The first-order valence-electron chi connectivity index (χ1n) is 21.2. The lowest BCUT2D eigenvalue weighted by Crippen LogP contribution is -2.27. The number of nitrogens with one attached hydrogen (secondary N) is 2. The molecule has 0 radical (unpaired) electrons. The molecule has 0 bridgehead atoms. The van der Waals surface area contributed by atoms with E-state index in [1.807, 2.05) is 0 Å². The predicted octanol–water partition coefficient (Wildman–Crippen LogP) is 15.1. The molecule has 0 aliphatic heterocycles. The molecule has 72 heavy (non-hydrogen) atoms. The summed E-state index contributed by atoms with van der Waals surface area (Å²) in [5.74, 6) is 0.000569. The zero-order valence-corrected chi connectivity index (χ0v) is 35.9. The molecule has 0 rings (SSSR count). The van der Waals surface area contributed by atoms with E-state index in [0.29, 0.717) is 103 Å². The molecule has 3 atom stereocenters. The zero-order valence-electron chi connectivity index (χ0n) is 35.9. The van der Waals surface area contributed by atoms with Crippen LogP contribution in [-0.2, 0) is 33.4 Å². The molecular weight excluding hydrogens is 919 g/mol. The van der Waals surface area contributed by atoms with E-state index in [0.717, 1.165) is 44.9 Å². The number of aliphatic hydroxyl groups is 3. The van der Waals surface area contributed by atoms with Crippen molar-refractivity contribution in [1.82, 2.24) is 10.6 Å². The lowest BCUT2D eigenvalue weighted by molar-refractivity contribution is -0.139. The van der Waals surface area contributed by atoms with Crippen molar-refractivity contribution in [3.8, 4) is 0 Å². The van der Waals surface area contributed by atoms with Crippen molar-refractivity contribution >= 4 is 23.8 Å². The van der Waals surface area contributed by atoms with Crippen molar-refractivity contribution in [3.63, 3.8) is 0 Å². The number of carboxylic acids is 2. The van der Waals surface area contributed by atoms with Crippen molar-refractivity contribution < 1.29 is 58.9 Å². The van der Waals surface area contributed by atoms with Gasteiger partial charge in [-0.2, -0.15) is 0 Å². The summed E-state index contributed by atoms with van der Waals surface area (Å²) in [5, 5.41) is 48.1. The Hall–Kier alpha value is -2.40. The van der Waals surface area contributed by atoms with Crippen molar-refractivity contribution in [2.45, 2.75) is 263 Å². The van der Waals surface area contributed by atoms with Gasteiger partial charge in [0.05, 0.1) is 59.5 Å². The quantitative estimate of drug-likeness (QED) is 0.0276. The van der Waals surface area contributed by atoms with Crippen LogP contribution in [0.3, 0.4) is 0 Å². The Kier molecular flexibility index (Phi) is 210. The average molecular weight is 1070 g/mol. The third kappa shape index (κ3) is 122. The summed E-state index contributed by atoms with van der Waals surface area (Å²) < 4.78 is 14.8. The van der Waals surface area contributed by atoms with E-state index in [9.17, 15) is 19.2 Å². The molecule has 9 N–H and O–H groups in total. The summed E-state index contributed by atoms with van der Waals surface area (Å²) in [6.45, 7) is 15.0. The van der Waals surface area contributed by atoms with Crippen molar-refractivity contribution in [1.29, 1.82) is 0 Å². The van der Waals surface area contributed by atoms with Crippen LogP contribution in [0.5, 0.6) is 0 Å². The highest BCUT2D eigenvalue weighted by Gasteiger charge is 2.21. The van der Waals surface area contributed by atoms with Gasteiger partial charge < -0.3 is 56.1 Å². The van der Waals surface area contributed by atoms with E-state index < -0.39 is 11.9 Å². The summed E-state index contributed by atoms with van der Waals surface area (Å²) in [6, 6.07) is 0. The Balaban J connectivity index is -0.0000000266. The highest BCUT2D eigenvalue weighted by molar-refractivity contribution is 5.76. The van der Waals surface area contributed by atoms with Gasteiger partial charge >= 0.3 is 11.9 Å². The first-order chi connectivity index (χ1) is 26.9. The van der Waals surface area contributed by atoms with E-state index in [2.05, 4.69) is 45.3 Å². The first kappa shape index (κ1) is 133. The summed E-state index contributed by atoms with van der Waals surface area (Å²) in [7, 11) is 0. The molecule has 0 saturated heterocycles. The molecule has 464 valence electrons. The van der Waals surface area contributed by atoms with Crippen LogP contribution in [0, 0.1) is 17.8 Å². The van der Waals surface area contributed by atoms with Gasteiger partial charge in [-0.15, -0.1) is 0 Å². The molecule has 0 aliphatic carbocycles. The first-order valence-corrected chi connectivity index (χ1v) is 21.2. The topological polar surface area (TPSA) is 247 Å². The molecule has 0 aliphatic rings. The predicted molar refractivity (Wildman–Crippen MR) is 329 cm³/mol. The standard InChI is InChI=1S/C14H26O4.C12H25NO3.C11H23NO3.C4H11NO2.16CH4/c1-3-5-11(7-9-13(15)16)12(6-4-2)8-10-14(17)18;1-3-4-11(2)5-6-12(15)13-7-9-16-10-8-14;1-2-3-4-5-6-11(14)12-7-9-15-10-8-13;5-1-3-7-4-2-6;;;;;;;;;;;;;;;;/h11-12H,3-10H2,1-2H3,(H,15,16)(H,17,18);11,14H,3-10H2,1-2H3,(H,13,15);13H,2-10H2,1H3,(H,12,14);6H,1-5H2;16*1H4. The molecule has 0 saturated carbocycles. The number of hydrogen-bond donors (Lipinski definition) is 8. The highest BCUT2D eigenvalue weighted by Crippen LogP contribution is 2.30. The molecule has 15 nitrogen and oxygen atoms in total. The molecule has 0 aromatic rings. The number of aliphatic hydroxyl groups excluding tert-OH is 3. The molecule has 0 fully saturated rings. The number of carbonyl (C=O) groups is 4. The van der Waals surface area contributed by atoms with Gasteiger partial charge in [-0.1, -0.05) is 211 Å². The minimum Gasteiger partial charge on any atom is -0.481 e. The number of ether oxygens (including phenoxy) is 3. The normalized spacial score (nSPS) is 9.35. The molecule has 15 heteroatoms. The van der Waals surface area contributed by atoms with Crippen molar-refractivity contribution in [2.75, 3.05) is 79.1 Å². The number of carboxylic acid groups (broad SMARTS) is 2. The molecule has 3 unspecified atom stereocenters. The van der Waals surface area contributed by atoms with Gasteiger partial charge in [-0.05, 0) is 43.4 Å². The maximum atomic E-state index is 11.4. The van der Waals surface area contributed by atoms with Gasteiger partial charge in [0, 0.05) is 45.3 Å². The molecule has 0 heterocycles. The average Bonchev–Trinajstić information content (AvgIpc) is 3.17. The Morgan fingerprint density at radius 2 is 0.750 bits per heavy atom. The van der Waals surface area contributed by atoms with Gasteiger partial charge in [0.15, 0.2) is 0 Å². The van der Waals surface area contributed by atoms with Crippen LogP contribution in [0.15, 0.2) is 0 Å². The van der Waals surface area contributed by atoms with Crippen LogP contribution in [0.1, 0.15) is 263 Å². The van der Waals surface area contributed by atoms with Crippen LogP contribution in [-0.4, -0.2) is 128 Å². The number of aliphatic carboxylic acids is 2. The van der Waals surface area contributed by atoms with Gasteiger partial charge in [0.1, 0.15) is 0 Å². The number of rotatable bonds is 35. The summed E-state index contributed by atoms with van der Waals surface area (Å²) >= 11 is 0. The molecular formula is C57H149N3O12. The smallest absolute Gasteiger partial charge is 0.303 e. The van der Waals surface area contributed by atoms with E-state index in [1.54, 1.807) is 0 Å². The molecule has 0 spiro atoms. The van der Waals surface area contributed by atoms with Crippen molar-refractivity contribution in [3.05, 3.63) is 0 Å². The van der Waals surface area contributed by atoms with Crippen LogP contribution >= 0.6 is 0 Å². The minimum absolute atomic E-state index is 0. The SMILES string of the molecule is C.C.C.C.C.C.C.C.C.C.C.C.C.C.C.C.CCCC(C)CCC(=O)NCCOCCO.CCCC(CCC(=O)O)C(CCC)CCC(=O)O.CCCCCCC(=O)NCCOCCO.NCCOCCO. The third-order valence-corrected chi connectivity index (χ3v) is 8.45. The number of unbranched alkanes of at least 4 members (excludes halogenated alkanes) is 3. The second kappa shape index (κ2) is 113. The van der Waals surface area contributed by atoms with E-state index >= 15 is 0 Å². The Morgan fingerprint density at radius 3 is 1.04 bits per heavy atom. The summed E-state index contributed by atoms with van der Waals surface area (Å²) in [4.78, 5) is 43.9. The third-order valence-electron chi connectivity index (χ3n) is 8.45. The Labute approximate surface area is 457 Å². The lowest BCUT2D eigenvalue weighted by Gasteiger charge is -2.26. The van der Waals surface area contributed by atoms with Crippen LogP contribution in [0.25, 0.3) is 0 Å². The zero-order chi connectivity index (χ0) is 43.1. The number of carbonyl (C=O) groups excluding carboxylic acids is 2. The Morgan fingerprint density at radius 1 is 0.417 bits per heavy atom. The maximum Gasteiger partial charge on any atom is 0.303 e. The van der Waals surface area contributed by atoms with Gasteiger partial charge in [-0.25, -0.2) is 0 Å². The fourth-order valence-corrected chi connectivity index (χ4v) is 5.60. The van der Waals surface area contributed by atoms with Gasteiger partial charge in [0.25, 0.3) is 0 Å². The fourth-order valence-electron chi connectivity index (χ4n) is 5.60. The molecule has 0 aromatic carbocycles. The van der Waals surface area contributed by atoms with Crippen LogP contribution in [0.2, 0.25) is 0 Å². The van der Waals surface area contributed by atoms with Gasteiger partial charge in [-0.3, -0.25) is 19.2 Å². The maximum absolute atomic E-state index is 11.4. The van der Waals surface area contributed by atoms with E-state index in [1.165, 1.54) is 25.7 Å². The molecule has 0 aromatic heterocycles. The second-order valence-corrected chi connectivity index (χ2v) is 13.7. The summed E-state index contributed by atoms with van der Waals surface area (Å²) in [5.41, 5.74) is 5.06. The minimum atomic E-state index is -0.760. The highest BCUT2D eigenvalue weighted by atomic mass is 16.5. The second-order valence-electron chi connectivity index (χ2n) is 13.7. The number of nitrogens with two attached hydrogens (primary N) is 1. The van der Waals surface area contributed by atoms with E-state index in [-0.39, 0.29) is 163 Å². The monoisotopic (exact) mass is 1070 g/mol. The van der Waals surface area contributed by atoms with Crippen LogP contribution in [0.4, 0.5) is 0 Å². The van der Waals surface area contributed by atoms with E-state index in [4.69, 9.17) is 45.5 Å². The fraction of sp³-hybridized carbons (Fsp3) is 0.930. The summed E-state index contributed by atoms with van der Waals surface area (Å²) in [6.07, 6.45) is 14.8. The number of hydrogen-bond acceptors (Lipinski definition) is 11. The Bertz CT molecular complexity index is 831. The number of amides is 2. The van der Waals surface area contributed by atoms with Gasteiger partial charge in [0.2, 0.25) is 11.8 Å². The van der Waals surface area contributed by atoms with Crippen LogP contribution < -0.4 is 16.4 Å². The lowest BCUT2D eigenvalue weighted by atomic mass is 9.79. The molecule has 2 amide bonds. The van der Waals surface area contributed by atoms with Crippen molar-refractivity contribution in [2.24, 2.45) is 23.5 Å².